The zero-order valence-corrected chi connectivity index (χ0v) is 19.4. The predicted octanol–water partition coefficient (Wildman–Crippen LogP) is 6.96. The van der Waals surface area contributed by atoms with Gasteiger partial charge in [0.25, 0.3) is 0 Å². The summed E-state index contributed by atoms with van der Waals surface area (Å²) in [6.07, 6.45) is 0. The summed E-state index contributed by atoms with van der Waals surface area (Å²) in [5.74, 6) is 0.115. The SMILES string of the molecule is COC(=O)c1nn(-c2ccc(Cl)cc2Cl)c(-c2ccc(Cl)cc2)c1-c1ccc(OC)cc1. The third-order valence-corrected chi connectivity index (χ3v) is 5.69. The van der Waals surface area contributed by atoms with Gasteiger partial charge in [-0.1, -0.05) is 59.1 Å². The summed E-state index contributed by atoms with van der Waals surface area (Å²) < 4.78 is 11.9. The van der Waals surface area contributed by atoms with Gasteiger partial charge in [-0.2, -0.15) is 5.10 Å². The molecule has 1 heterocycles. The van der Waals surface area contributed by atoms with Gasteiger partial charge in [-0.25, -0.2) is 9.48 Å². The number of halogens is 3. The van der Waals surface area contributed by atoms with Crippen LogP contribution >= 0.6 is 34.8 Å². The summed E-state index contributed by atoms with van der Waals surface area (Å²) in [7, 11) is 2.91. The molecule has 0 aliphatic heterocycles. The third-order valence-electron chi connectivity index (χ3n) is 4.90. The lowest BCUT2D eigenvalue weighted by Gasteiger charge is -2.12. The van der Waals surface area contributed by atoms with E-state index < -0.39 is 5.97 Å². The van der Waals surface area contributed by atoms with Crippen molar-refractivity contribution in [3.63, 3.8) is 0 Å². The Kier molecular flexibility index (Phi) is 6.42. The summed E-state index contributed by atoms with van der Waals surface area (Å²) in [4.78, 5) is 12.8. The molecule has 0 radical (unpaired) electrons. The molecular formula is C24H17Cl3N2O3. The predicted molar refractivity (Wildman–Crippen MR) is 127 cm³/mol. The lowest BCUT2D eigenvalue weighted by Crippen LogP contribution is -2.05. The molecule has 0 N–H and O–H groups in total. The number of esters is 1. The van der Waals surface area contributed by atoms with Crippen LogP contribution < -0.4 is 4.74 Å². The van der Waals surface area contributed by atoms with E-state index in [4.69, 9.17) is 44.3 Å². The van der Waals surface area contributed by atoms with Gasteiger partial charge >= 0.3 is 5.97 Å². The normalized spacial score (nSPS) is 10.8. The standard InChI is InChI=1S/C24H17Cl3N2O3/c1-31-18-10-5-14(6-11-18)21-22(24(30)32-2)28-29(20-12-9-17(26)13-19(20)27)23(21)15-3-7-16(25)8-4-15/h3-13H,1-2H3. The molecule has 0 bridgehead atoms. The first kappa shape index (κ1) is 22.2. The first-order chi connectivity index (χ1) is 15.4. The van der Waals surface area contributed by atoms with Gasteiger partial charge in [0.05, 0.1) is 30.6 Å². The van der Waals surface area contributed by atoms with Crippen LogP contribution in [0.15, 0.2) is 66.7 Å². The van der Waals surface area contributed by atoms with Gasteiger partial charge in [0, 0.05) is 21.2 Å². The molecule has 4 rings (SSSR count). The van der Waals surface area contributed by atoms with Crippen molar-refractivity contribution in [1.29, 1.82) is 0 Å². The van der Waals surface area contributed by atoms with E-state index >= 15 is 0 Å². The van der Waals surface area contributed by atoms with Crippen molar-refractivity contribution >= 4 is 40.8 Å². The minimum absolute atomic E-state index is 0.147. The monoisotopic (exact) mass is 486 g/mol. The minimum atomic E-state index is -0.574. The molecule has 0 aliphatic rings. The number of rotatable bonds is 5. The fourth-order valence-corrected chi connectivity index (χ4v) is 4.01. The average molecular weight is 488 g/mol. The van der Waals surface area contributed by atoms with Crippen molar-refractivity contribution < 1.29 is 14.3 Å². The molecule has 0 unspecified atom stereocenters. The number of carbonyl (C=O) groups is 1. The Morgan fingerprint density at radius 3 is 2.06 bits per heavy atom. The van der Waals surface area contributed by atoms with Crippen molar-refractivity contribution in [3.05, 3.63) is 87.5 Å². The fraction of sp³-hybridized carbons (Fsp3) is 0.0833. The Hall–Kier alpha value is -2.99. The molecule has 8 heteroatoms. The second-order valence-corrected chi connectivity index (χ2v) is 8.09. The molecule has 162 valence electrons. The lowest BCUT2D eigenvalue weighted by atomic mass is 9.98. The number of aromatic nitrogens is 2. The summed E-state index contributed by atoms with van der Waals surface area (Å²) in [5.41, 5.74) is 3.49. The molecule has 32 heavy (non-hydrogen) atoms. The Morgan fingerprint density at radius 2 is 1.47 bits per heavy atom. The van der Waals surface area contributed by atoms with Crippen LogP contribution in [0.5, 0.6) is 5.75 Å². The van der Waals surface area contributed by atoms with Crippen molar-refractivity contribution in [3.8, 4) is 33.8 Å². The molecule has 0 saturated heterocycles. The highest BCUT2D eigenvalue weighted by molar-refractivity contribution is 6.35. The number of methoxy groups -OCH3 is 2. The van der Waals surface area contributed by atoms with Gasteiger partial charge in [0.2, 0.25) is 0 Å². The molecule has 3 aromatic carbocycles. The molecule has 4 aromatic rings. The summed E-state index contributed by atoms with van der Waals surface area (Å²) in [5, 5.41) is 6.07. The first-order valence-electron chi connectivity index (χ1n) is 9.50. The topological polar surface area (TPSA) is 53.3 Å². The summed E-state index contributed by atoms with van der Waals surface area (Å²) >= 11 is 18.7. The van der Waals surface area contributed by atoms with E-state index in [1.807, 2.05) is 36.4 Å². The zero-order chi connectivity index (χ0) is 22.8. The van der Waals surface area contributed by atoms with Crippen LogP contribution in [0.1, 0.15) is 10.5 Å². The third kappa shape index (κ3) is 4.19. The quantitative estimate of drug-likeness (QED) is 0.285. The van der Waals surface area contributed by atoms with Crippen LogP contribution in [0, 0.1) is 0 Å². The number of nitrogens with zero attached hydrogens (tertiary/aromatic N) is 2. The van der Waals surface area contributed by atoms with Crippen LogP contribution in [0.3, 0.4) is 0 Å². The van der Waals surface area contributed by atoms with Crippen LogP contribution in [-0.2, 0) is 4.74 Å². The van der Waals surface area contributed by atoms with E-state index in [2.05, 4.69) is 5.10 Å². The van der Waals surface area contributed by atoms with Crippen molar-refractivity contribution in [1.82, 2.24) is 9.78 Å². The van der Waals surface area contributed by atoms with Crippen LogP contribution in [0.4, 0.5) is 0 Å². The molecule has 0 fully saturated rings. The van der Waals surface area contributed by atoms with Crippen LogP contribution in [0.2, 0.25) is 15.1 Å². The van der Waals surface area contributed by atoms with E-state index in [0.717, 1.165) is 11.1 Å². The summed E-state index contributed by atoms with van der Waals surface area (Å²) in [6, 6.07) is 19.7. The molecular weight excluding hydrogens is 471 g/mol. The number of hydrogen-bond acceptors (Lipinski definition) is 4. The van der Waals surface area contributed by atoms with Crippen molar-refractivity contribution in [2.24, 2.45) is 0 Å². The van der Waals surface area contributed by atoms with E-state index in [-0.39, 0.29) is 5.69 Å². The molecule has 0 atom stereocenters. The summed E-state index contributed by atoms with van der Waals surface area (Å²) in [6.45, 7) is 0. The van der Waals surface area contributed by atoms with Gasteiger partial charge in [0.15, 0.2) is 5.69 Å². The molecule has 1 aromatic heterocycles. The maximum absolute atomic E-state index is 12.8. The molecule has 0 aliphatic carbocycles. The van der Waals surface area contributed by atoms with Gasteiger partial charge in [-0.15, -0.1) is 0 Å². The molecule has 5 nitrogen and oxygen atoms in total. The van der Waals surface area contributed by atoms with Crippen molar-refractivity contribution in [2.45, 2.75) is 0 Å². The number of ether oxygens (including phenoxy) is 2. The first-order valence-corrected chi connectivity index (χ1v) is 10.6. The van der Waals surface area contributed by atoms with Crippen LogP contribution in [0.25, 0.3) is 28.1 Å². The van der Waals surface area contributed by atoms with Crippen molar-refractivity contribution in [2.75, 3.05) is 14.2 Å². The Bertz CT molecular complexity index is 1280. The zero-order valence-electron chi connectivity index (χ0n) is 17.1. The van der Waals surface area contributed by atoms with Crippen LogP contribution in [-0.4, -0.2) is 30.0 Å². The maximum atomic E-state index is 12.8. The molecule has 0 spiro atoms. The van der Waals surface area contributed by atoms with E-state index in [9.17, 15) is 4.79 Å². The number of carbonyl (C=O) groups excluding carboxylic acids is 1. The number of benzene rings is 3. The smallest absolute Gasteiger partial charge is 0.359 e. The number of hydrogen-bond donors (Lipinski definition) is 0. The highest BCUT2D eigenvalue weighted by Crippen LogP contribution is 2.39. The van der Waals surface area contributed by atoms with E-state index in [1.165, 1.54) is 7.11 Å². The largest absolute Gasteiger partial charge is 0.497 e. The highest BCUT2D eigenvalue weighted by Gasteiger charge is 2.27. The second-order valence-electron chi connectivity index (χ2n) is 6.81. The van der Waals surface area contributed by atoms with E-state index in [0.29, 0.717) is 37.8 Å². The second kappa shape index (κ2) is 9.25. The Labute approximate surface area is 200 Å². The van der Waals surface area contributed by atoms with E-state index in [1.54, 1.807) is 42.1 Å². The molecule has 0 amide bonds. The highest BCUT2D eigenvalue weighted by atomic mass is 35.5. The fourth-order valence-electron chi connectivity index (χ4n) is 3.39. The minimum Gasteiger partial charge on any atom is -0.497 e. The van der Waals surface area contributed by atoms with Gasteiger partial charge in [-0.3, -0.25) is 0 Å². The lowest BCUT2D eigenvalue weighted by molar-refractivity contribution is 0.0594. The maximum Gasteiger partial charge on any atom is 0.359 e. The average Bonchev–Trinajstić information content (AvgIpc) is 3.19. The molecule has 0 saturated carbocycles. The Balaban J connectivity index is 2.08. The van der Waals surface area contributed by atoms with Gasteiger partial charge in [0.1, 0.15) is 5.75 Å². The van der Waals surface area contributed by atoms with Gasteiger partial charge in [-0.05, 0) is 48.0 Å². The Morgan fingerprint density at radius 1 is 0.844 bits per heavy atom. The van der Waals surface area contributed by atoms with Gasteiger partial charge < -0.3 is 9.47 Å².